The van der Waals surface area contributed by atoms with Crippen molar-refractivity contribution in [2.45, 2.75) is 13.8 Å². The molecule has 0 unspecified atom stereocenters. The molecule has 3 rings (SSSR count). The summed E-state index contributed by atoms with van der Waals surface area (Å²) in [6.45, 7) is 4.20. The van der Waals surface area contributed by atoms with Crippen LogP contribution in [0.5, 0.6) is 0 Å². The van der Waals surface area contributed by atoms with Crippen molar-refractivity contribution in [3.05, 3.63) is 41.0 Å². The zero-order valence-electron chi connectivity index (χ0n) is 10.8. The van der Waals surface area contributed by atoms with Gasteiger partial charge in [0.2, 0.25) is 0 Å². The van der Waals surface area contributed by atoms with Crippen molar-refractivity contribution in [3.63, 3.8) is 0 Å². The summed E-state index contributed by atoms with van der Waals surface area (Å²) >= 11 is 1.57. The summed E-state index contributed by atoms with van der Waals surface area (Å²) in [5, 5.41) is 7.14. The zero-order valence-corrected chi connectivity index (χ0v) is 11.6. The maximum atomic E-state index is 6.01. The third-order valence-electron chi connectivity index (χ3n) is 3.27. The largest absolute Gasteiger partial charge is 0.382 e. The minimum atomic E-state index is 0.520. The summed E-state index contributed by atoms with van der Waals surface area (Å²) in [6, 6.07) is 6.32. The van der Waals surface area contributed by atoms with E-state index in [9.17, 15) is 0 Å². The molecule has 3 aromatic rings. The number of thiazole rings is 1. The molecule has 4 nitrogen and oxygen atoms in total. The summed E-state index contributed by atoms with van der Waals surface area (Å²) < 4.78 is 0. The van der Waals surface area contributed by atoms with Crippen LogP contribution in [0.3, 0.4) is 0 Å². The minimum Gasteiger partial charge on any atom is -0.382 e. The van der Waals surface area contributed by atoms with Gasteiger partial charge in [-0.2, -0.15) is 5.10 Å². The number of hydrogen-bond acceptors (Lipinski definition) is 4. The lowest BCUT2D eigenvalue weighted by atomic mass is 10.00. The fraction of sp³-hybridized carbons (Fsp3) is 0.143. The van der Waals surface area contributed by atoms with Gasteiger partial charge in [-0.25, -0.2) is 0 Å². The number of rotatable bonds is 2. The average Bonchev–Trinajstić information content (AvgIpc) is 3.01. The van der Waals surface area contributed by atoms with Gasteiger partial charge in [0.25, 0.3) is 0 Å². The van der Waals surface area contributed by atoms with Crippen LogP contribution < -0.4 is 5.73 Å². The van der Waals surface area contributed by atoms with E-state index in [-0.39, 0.29) is 0 Å². The Bertz CT molecular complexity index is 713. The molecule has 0 saturated heterocycles. The zero-order chi connectivity index (χ0) is 13.4. The van der Waals surface area contributed by atoms with Crippen molar-refractivity contribution in [1.29, 1.82) is 0 Å². The SMILES string of the molecule is Cc1ccc(-c2c(N)n[nH]c2-c2cncs2)cc1C. The van der Waals surface area contributed by atoms with E-state index < -0.39 is 0 Å². The third kappa shape index (κ3) is 2.02. The van der Waals surface area contributed by atoms with E-state index in [1.54, 1.807) is 16.8 Å². The molecule has 2 aromatic heterocycles. The highest BCUT2D eigenvalue weighted by molar-refractivity contribution is 7.13. The molecule has 0 saturated carbocycles. The molecule has 96 valence electrons. The molecule has 0 fully saturated rings. The van der Waals surface area contributed by atoms with E-state index in [2.05, 4.69) is 47.2 Å². The van der Waals surface area contributed by atoms with Gasteiger partial charge in [0.05, 0.1) is 21.6 Å². The molecule has 0 aliphatic heterocycles. The van der Waals surface area contributed by atoms with Gasteiger partial charge in [-0.1, -0.05) is 18.2 Å². The molecule has 0 spiro atoms. The van der Waals surface area contributed by atoms with E-state index in [4.69, 9.17) is 5.73 Å². The quantitative estimate of drug-likeness (QED) is 0.750. The van der Waals surface area contributed by atoms with Crippen LogP contribution in [-0.4, -0.2) is 15.2 Å². The van der Waals surface area contributed by atoms with Gasteiger partial charge in [-0.15, -0.1) is 11.3 Å². The van der Waals surface area contributed by atoms with Gasteiger partial charge in [0, 0.05) is 6.20 Å². The smallest absolute Gasteiger partial charge is 0.153 e. The van der Waals surface area contributed by atoms with E-state index >= 15 is 0 Å². The number of hydrogen-bond donors (Lipinski definition) is 2. The Morgan fingerprint density at radius 1 is 1.21 bits per heavy atom. The van der Waals surface area contributed by atoms with Crippen molar-refractivity contribution in [2.24, 2.45) is 0 Å². The summed E-state index contributed by atoms with van der Waals surface area (Å²) in [5.74, 6) is 0.520. The second-order valence-electron chi connectivity index (χ2n) is 4.52. The third-order valence-corrected chi connectivity index (χ3v) is 4.06. The van der Waals surface area contributed by atoms with Crippen LogP contribution in [0.4, 0.5) is 5.82 Å². The van der Waals surface area contributed by atoms with Crippen LogP contribution in [0, 0.1) is 13.8 Å². The van der Waals surface area contributed by atoms with Crippen molar-refractivity contribution >= 4 is 17.2 Å². The van der Waals surface area contributed by atoms with Crippen LogP contribution in [0.2, 0.25) is 0 Å². The van der Waals surface area contributed by atoms with E-state index in [0.29, 0.717) is 5.82 Å². The molecule has 5 heteroatoms. The standard InChI is InChI=1S/C14H14N4S/c1-8-3-4-10(5-9(8)2)12-13(17-18-14(12)15)11-6-16-7-19-11/h3-7H,1-2H3,(H3,15,17,18). The van der Waals surface area contributed by atoms with Gasteiger partial charge in [0.1, 0.15) is 0 Å². The first-order valence-electron chi connectivity index (χ1n) is 5.97. The number of anilines is 1. The fourth-order valence-electron chi connectivity index (χ4n) is 2.06. The normalized spacial score (nSPS) is 10.8. The lowest BCUT2D eigenvalue weighted by molar-refractivity contribution is 1.10. The van der Waals surface area contributed by atoms with Crippen molar-refractivity contribution in [2.75, 3.05) is 5.73 Å². The topological polar surface area (TPSA) is 67.6 Å². The van der Waals surface area contributed by atoms with Crippen molar-refractivity contribution in [1.82, 2.24) is 15.2 Å². The first kappa shape index (κ1) is 11.9. The Balaban J connectivity index is 2.19. The lowest BCUT2D eigenvalue weighted by Crippen LogP contribution is -1.90. The Kier molecular flexibility index (Phi) is 2.83. The molecule has 2 heterocycles. The molecule has 0 amide bonds. The Labute approximate surface area is 115 Å². The average molecular weight is 270 g/mol. The first-order chi connectivity index (χ1) is 9.16. The van der Waals surface area contributed by atoms with E-state index in [0.717, 1.165) is 21.7 Å². The summed E-state index contributed by atoms with van der Waals surface area (Å²) in [6.07, 6.45) is 1.82. The molecule has 3 N–H and O–H groups in total. The Hall–Kier alpha value is -2.14. The molecule has 0 bridgehead atoms. The number of aryl methyl sites for hydroxylation is 2. The van der Waals surface area contributed by atoms with Crippen molar-refractivity contribution in [3.8, 4) is 21.7 Å². The lowest BCUT2D eigenvalue weighted by Gasteiger charge is -2.06. The number of aromatic amines is 1. The molecule has 0 aliphatic carbocycles. The van der Waals surface area contributed by atoms with Gasteiger partial charge in [0.15, 0.2) is 5.82 Å². The maximum absolute atomic E-state index is 6.01. The predicted molar refractivity (Wildman–Crippen MR) is 79.0 cm³/mol. The maximum Gasteiger partial charge on any atom is 0.153 e. The van der Waals surface area contributed by atoms with Gasteiger partial charge in [-0.05, 0) is 30.5 Å². The van der Waals surface area contributed by atoms with Gasteiger partial charge in [-0.3, -0.25) is 10.1 Å². The molecule has 0 aliphatic rings. The molecule has 1 aromatic carbocycles. The summed E-state index contributed by atoms with van der Waals surface area (Å²) in [4.78, 5) is 5.14. The number of nitrogens with two attached hydrogens (primary N) is 1. The molecule has 0 radical (unpaired) electrons. The van der Waals surface area contributed by atoms with Crippen LogP contribution in [-0.2, 0) is 0 Å². The molecule has 0 atom stereocenters. The minimum absolute atomic E-state index is 0.520. The number of nitrogens with one attached hydrogen (secondary N) is 1. The first-order valence-corrected chi connectivity index (χ1v) is 6.85. The van der Waals surface area contributed by atoms with Crippen LogP contribution in [0.15, 0.2) is 29.9 Å². The van der Waals surface area contributed by atoms with Crippen LogP contribution in [0.25, 0.3) is 21.7 Å². The van der Waals surface area contributed by atoms with Gasteiger partial charge >= 0.3 is 0 Å². The number of H-pyrrole nitrogens is 1. The number of nitrogen functional groups attached to an aromatic ring is 1. The fourth-order valence-corrected chi connectivity index (χ4v) is 2.69. The summed E-state index contributed by atoms with van der Waals surface area (Å²) in [7, 11) is 0. The monoisotopic (exact) mass is 270 g/mol. The van der Waals surface area contributed by atoms with Crippen molar-refractivity contribution < 1.29 is 0 Å². The number of aromatic nitrogens is 3. The van der Waals surface area contributed by atoms with Crippen LogP contribution in [0.1, 0.15) is 11.1 Å². The van der Waals surface area contributed by atoms with Crippen LogP contribution >= 0.6 is 11.3 Å². The van der Waals surface area contributed by atoms with E-state index in [1.165, 1.54) is 11.1 Å². The molecular weight excluding hydrogens is 256 g/mol. The highest BCUT2D eigenvalue weighted by atomic mass is 32.1. The molecule has 19 heavy (non-hydrogen) atoms. The van der Waals surface area contributed by atoms with Gasteiger partial charge < -0.3 is 5.73 Å². The highest BCUT2D eigenvalue weighted by Gasteiger charge is 2.16. The Morgan fingerprint density at radius 3 is 2.74 bits per heavy atom. The highest BCUT2D eigenvalue weighted by Crippen LogP contribution is 2.36. The van der Waals surface area contributed by atoms with E-state index in [1.807, 2.05) is 6.20 Å². The number of nitrogens with zero attached hydrogens (tertiary/aromatic N) is 2. The molecular formula is C14H14N4S. The number of benzene rings is 1. The second kappa shape index (κ2) is 4.51. The Morgan fingerprint density at radius 2 is 2.05 bits per heavy atom. The second-order valence-corrected chi connectivity index (χ2v) is 5.41. The predicted octanol–water partition coefficient (Wildman–Crippen LogP) is 3.40. The summed E-state index contributed by atoms with van der Waals surface area (Å²) in [5.41, 5.74) is 13.3.